The van der Waals surface area contributed by atoms with Gasteiger partial charge in [0.1, 0.15) is 11.6 Å². The largest absolute Gasteiger partial charge is 0.506 e. The molecule has 3 aromatic rings. The molecule has 0 saturated carbocycles. The summed E-state index contributed by atoms with van der Waals surface area (Å²) in [6.45, 7) is 3.00. The predicted octanol–water partition coefficient (Wildman–Crippen LogP) is 3.76. The van der Waals surface area contributed by atoms with E-state index in [2.05, 4.69) is 15.2 Å². The summed E-state index contributed by atoms with van der Waals surface area (Å²) >= 11 is 0. The first-order valence-corrected chi connectivity index (χ1v) is 7.96. The Morgan fingerprint density at radius 1 is 0.923 bits per heavy atom. The maximum absolute atomic E-state index is 9.96. The van der Waals surface area contributed by atoms with E-state index in [4.69, 9.17) is 9.72 Å². The van der Waals surface area contributed by atoms with Crippen molar-refractivity contribution in [2.45, 2.75) is 0 Å². The van der Waals surface area contributed by atoms with Gasteiger partial charge in [0.25, 0.3) is 0 Å². The van der Waals surface area contributed by atoms with Crippen LogP contribution >= 0.6 is 24.8 Å². The molecule has 138 valence electrons. The Bertz CT molecular complexity index is 873. The van der Waals surface area contributed by atoms with Gasteiger partial charge in [-0.15, -0.1) is 24.8 Å². The van der Waals surface area contributed by atoms with E-state index in [1.54, 1.807) is 18.2 Å². The molecule has 6 nitrogen and oxygen atoms in total. The molecule has 1 fully saturated rings. The smallest absolute Gasteiger partial charge is 0.229 e. The lowest BCUT2D eigenvalue weighted by Crippen LogP contribution is -2.37. The van der Waals surface area contributed by atoms with Crippen molar-refractivity contribution >= 4 is 53.2 Å². The Morgan fingerprint density at radius 2 is 1.62 bits per heavy atom. The van der Waals surface area contributed by atoms with Gasteiger partial charge in [-0.2, -0.15) is 4.98 Å². The number of nitrogens with zero attached hydrogens (tertiary/aromatic N) is 3. The first kappa shape index (κ1) is 20.0. The van der Waals surface area contributed by atoms with Gasteiger partial charge >= 0.3 is 0 Å². The van der Waals surface area contributed by atoms with Crippen LogP contribution in [0.3, 0.4) is 0 Å². The number of aromatic nitrogens is 2. The van der Waals surface area contributed by atoms with Crippen molar-refractivity contribution in [2.24, 2.45) is 0 Å². The van der Waals surface area contributed by atoms with Crippen molar-refractivity contribution < 1.29 is 9.84 Å². The van der Waals surface area contributed by atoms with E-state index in [-0.39, 0.29) is 30.6 Å². The number of fused-ring (bicyclic) bond motifs is 1. The number of hydrogen-bond donors (Lipinski definition) is 2. The van der Waals surface area contributed by atoms with Crippen molar-refractivity contribution in [2.75, 3.05) is 36.5 Å². The van der Waals surface area contributed by atoms with Gasteiger partial charge in [0.15, 0.2) is 0 Å². The minimum atomic E-state index is 0. The van der Waals surface area contributed by atoms with E-state index < -0.39 is 0 Å². The van der Waals surface area contributed by atoms with E-state index in [0.29, 0.717) is 24.8 Å². The second kappa shape index (κ2) is 8.89. The van der Waals surface area contributed by atoms with Gasteiger partial charge in [-0.3, -0.25) is 0 Å². The Hall–Kier alpha value is -2.28. The molecule has 2 heterocycles. The molecular formula is C18H20Cl2N4O2. The monoisotopic (exact) mass is 394 g/mol. The number of nitrogens with one attached hydrogen (secondary N) is 1. The van der Waals surface area contributed by atoms with Gasteiger partial charge in [-0.1, -0.05) is 24.3 Å². The summed E-state index contributed by atoms with van der Waals surface area (Å²) in [5, 5.41) is 14.1. The Kier molecular flexibility index (Phi) is 6.85. The van der Waals surface area contributed by atoms with Gasteiger partial charge in [-0.25, -0.2) is 4.98 Å². The number of halogens is 2. The van der Waals surface area contributed by atoms with Crippen molar-refractivity contribution in [3.05, 3.63) is 48.5 Å². The average Bonchev–Trinajstić information content (AvgIpc) is 2.64. The summed E-state index contributed by atoms with van der Waals surface area (Å²) in [6, 6.07) is 15.0. The first-order valence-electron chi connectivity index (χ1n) is 7.96. The fourth-order valence-corrected chi connectivity index (χ4v) is 2.83. The molecule has 8 heteroatoms. The zero-order valence-electron chi connectivity index (χ0n) is 14.0. The number of para-hydroxylation sites is 3. The maximum atomic E-state index is 9.96. The highest BCUT2D eigenvalue weighted by Crippen LogP contribution is 2.29. The molecule has 0 atom stereocenters. The average molecular weight is 395 g/mol. The molecule has 2 aromatic carbocycles. The minimum Gasteiger partial charge on any atom is -0.506 e. The van der Waals surface area contributed by atoms with Crippen LogP contribution in [0.15, 0.2) is 48.5 Å². The molecule has 4 rings (SSSR count). The molecule has 1 aliphatic heterocycles. The number of aromatic hydroxyl groups is 1. The third kappa shape index (κ3) is 4.09. The zero-order valence-corrected chi connectivity index (χ0v) is 15.6. The van der Waals surface area contributed by atoms with Gasteiger partial charge in [0.05, 0.1) is 24.4 Å². The second-order valence-corrected chi connectivity index (χ2v) is 5.63. The first-order chi connectivity index (χ1) is 11.8. The van der Waals surface area contributed by atoms with E-state index in [1.807, 2.05) is 30.3 Å². The second-order valence-electron chi connectivity index (χ2n) is 5.63. The molecular weight excluding hydrogens is 375 g/mol. The molecule has 0 radical (unpaired) electrons. The fourth-order valence-electron chi connectivity index (χ4n) is 2.83. The summed E-state index contributed by atoms with van der Waals surface area (Å²) in [4.78, 5) is 11.5. The van der Waals surface area contributed by atoms with E-state index in [1.165, 1.54) is 0 Å². The summed E-state index contributed by atoms with van der Waals surface area (Å²) in [7, 11) is 0. The fraction of sp³-hybridized carbons (Fsp3) is 0.222. The van der Waals surface area contributed by atoms with Crippen LogP contribution in [0.4, 0.5) is 17.5 Å². The zero-order chi connectivity index (χ0) is 16.4. The number of rotatable bonds is 3. The Morgan fingerprint density at radius 3 is 2.38 bits per heavy atom. The normalized spacial score (nSPS) is 13.6. The number of morpholine rings is 1. The highest BCUT2D eigenvalue weighted by molar-refractivity contribution is 5.91. The van der Waals surface area contributed by atoms with Gasteiger partial charge in [-0.05, 0) is 24.3 Å². The van der Waals surface area contributed by atoms with Crippen molar-refractivity contribution in [3.63, 3.8) is 0 Å². The number of hydrogen-bond acceptors (Lipinski definition) is 6. The van der Waals surface area contributed by atoms with Crippen LogP contribution in [0.25, 0.3) is 10.9 Å². The van der Waals surface area contributed by atoms with Crippen LogP contribution in [0.5, 0.6) is 5.75 Å². The topological polar surface area (TPSA) is 70.5 Å². The van der Waals surface area contributed by atoms with Gasteiger partial charge < -0.3 is 20.1 Å². The summed E-state index contributed by atoms with van der Waals surface area (Å²) in [6.07, 6.45) is 0. The SMILES string of the molecule is Cl.Cl.Oc1ccccc1Nc1nc(N2CCOCC2)c2ccccc2n1. The molecule has 0 spiro atoms. The molecule has 1 saturated heterocycles. The number of ether oxygens (including phenoxy) is 1. The lowest BCUT2D eigenvalue weighted by Gasteiger charge is -2.29. The molecule has 2 N–H and O–H groups in total. The van der Waals surface area contributed by atoms with Gasteiger partial charge in [0, 0.05) is 18.5 Å². The van der Waals surface area contributed by atoms with E-state index in [9.17, 15) is 5.11 Å². The van der Waals surface area contributed by atoms with Crippen LogP contribution < -0.4 is 10.2 Å². The lowest BCUT2D eigenvalue weighted by atomic mass is 10.2. The van der Waals surface area contributed by atoms with Crippen LogP contribution in [-0.2, 0) is 4.74 Å². The van der Waals surface area contributed by atoms with Crippen LogP contribution in [0.2, 0.25) is 0 Å². The quantitative estimate of drug-likeness (QED) is 0.659. The minimum absolute atomic E-state index is 0. The molecule has 1 aliphatic rings. The molecule has 0 unspecified atom stereocenters. The number of benzene rings is 2. The maximum Gasteiger partial charge on any atom is 0.229 e. The van der Waals surface area contributed by atoms with E-state index in [0.717, 1.165) is 29.8 Å². The summed E-state index contributed by atoms with van der Waals surface area (Å²) < 4.78 is 5.44. The third-order valence-electron chi connectivity index (χ3n) is 4.04. The molecule has 0 aliphatic carbocycles. The van der Waals surface area contributed by atoms with Crippen molar-refractivity contribution in [1.82, 2.24) is 9.97 Å². The molecule has 0 amide bonds. The lowest BCUT2D eigenvalue weighted by molar-refractivity contribution is 0.122. The van der Waals surface area contributed by atoms with Gasteiger partial charge in [0.2, 0.25) is 5.95 Å². The number of anilines is 3. The predicted molar refractivity (Wildman–Crippen MR) is 108 cm³/mol. The summed E-state index contributed by atoms with van der Waals surface area (Å²) in [5.41, 5.74) is 1.45. The van der Waals surface area contributed by atoms with Crippen molar-refractivity contribution in [1.29, 1.82) is 0 Å². The number of phenolic OH excluding ortho intramolecular Hbond substituents is 1. The summed E-state index contributed by atoms with van der Waals surface area (Å²) in [5.74, 6) is 1.53. The van der Waals surface area contributed by atoms with E-state index >= 15 is 0 Å². The standard InChI is InChI=1S/C18H18N4O2.2ClH/c23-16-8-4-3-7-15(16)20-18-19-14-6-2-1-5-13(14)17(21-18)22-9-11-24-12-10-22;;/h1-8,23H,9-12H2,(H,19,20,21);2*1H. The molecule has 0 bridgehead atoms. The van der Waals surface area contributed by atoms with Crippen LogP contribution in [0, 0.1) is 0 Å². The van der Waals surface area contributed by atoms with Crippen molar-refractivity contribution in [3.8, 4) is 5.75 Å². The third-order valence-corrected chi connectivity index (χ3v) is 4.04. The Labute approximate surface area is 164 Å². The van der Waals surface area contributed by atoms with Crippen LogP contribution in [0.1, 0.15) is 0 Å². The Balaban J connectivity index is 0.00000121. The molecule has 26 heavy (non-hydrogen) atoms. The molecule has 1 aromatic heterocycles. The highest BCUT2D eigenvalue weighted by Gasteiger charge is 2.17. The highest BCUT2D eigenvalue weighted by atomic mass is 35.5. The number of phenols is 1. The van der Waals surface area contributed by atoms with Crippen LogP contribution in [-0.4, -0.2) is 41.4 Å².